The molecular weight excluding hydrogens is 188 g/mol. The third kappa shape index (κ3) is 6.75. The van der Waals surface area contributed by atoms with Crippen LogP contribution < -0.4 is 0 Å². The molecule has 0 aromatic rings. The fourth-order valence-electron chi connectivity index (χ4n) is 1.38. The van der Waals surface area contributed by atoms with E-state index in [4.69, 9.17) is 6.65 Å². The van der Waals surface area contributed by atoms with Gasteiger partial charge in [-0.15, -0.1) is 0 Å². The van der Waals surface area contributed by atoms with E-state index in [0.717, 1.165) is 0 Å². The van der Waals surface area contributed by atoms with Gasteiger partial charge in [-0.1, -0.05) is 25.0 Å². The monoisotopic (exact) mass is 204 g/mol. The SMILES string of the molecule is CCCC=C1CCCC1.[O]=[Ti]=[O]. The molecule has 1 saturated carbocycles. The van der Waals surface area contributed by atoms with Gasteiger partial charge in [-0.05, 0) is 32.1 Å². The van der Waals surface area contributed by atoms with Crippen LogP contribution in [0.25, 0.3) is 0 Å². The quantitative estimate of drug-likeness (QED) is 0.511. The average molecular weight is 204 g/mol. The summed E-state index contributed by atoms with van der Waals surface area (Å²) in [6.07, 6.45) is 10.7. The predicted molar refractivity (Wildman–Crippen MR) is 42.8 cm³/mol. The Balaban J connectivity index is 0.000000354. The van der Waals surface area contributed by atoms with Gasteiger partial charge in [0.05, 0.1) is 0 Å². The Morgan fingerprint density at radius 1 is 1.33 bits per heavy atom. The van der Waals surface area contributed by atoms with E-state index >= 15 is 0 Å². The summed E-state index contributed by atoms with van der Waals surface area (Å²) >= 11 is -2.00. The molecule has 0 aromatic carbocycles. The van der Waals surface area contributed by atoms with Crippen molar-refractivity contribution in [3.63, 3.8) is 0 Å². The van der Waals surface area contributed by atoms with E-state index in [0.29, 0.717) is 0 Å². The van der Waals surface area contributed by atoms with Crippen molar-refractivity contribution in [1.29, 1.82) is 0 Å². The zero-order valence-corrected chi connectivity index (χ0v) is 9.20. The molecule has 1 aliphatic carbocycles. The molecule has 0 atom stereocenters. The van der Waals surface area contributed by atoms with Crippen LogP contribution in [-0.2, 0) is 25.7 Å². The van der Waals surface area contributed by atoms with Crippen molar-refractivity contribution in [2.45, 2.75) is 45.4 Å². The summed E-state index contributed by atoms with van der Waals surface area (Å²) in [5.41, 5.74) is 1.72. The third-order valence-corrected chi connectivity index (χ3v) is 1.97. The van der Waals surface area contributed by atoms with Crippen LogP contribution in [0.4, 0.5) is 0 Å². The summed E-state index contributed by atoms with van der Waals surface area (Å²) < 4.78 is 17.0. The summed E-state index contributed by atoms with van der Waals surface area (Å²) in [6.45, 7) is 2.24. The fraction of sp³-hybridized carbons (Fsp3) is 0.778. The molecule has 0 bridgehead atoms. The van der Waals surface area contributed by atoms with E-state index in [2.05, 4.69) is 13.0 Å². The van der Waals surface area contributed by atoms with E-state index in [9.17, 15) is 0 Å². The van der Waals surface area contributed by atoms with Crippen LogP contribution in [0.2, 0.25) is 0 Å². The molecule has 0 N–H and O–H groups in total. The van der Waals surface area contributed by atoms with Gasteiger partial charge in [0, 0.05) is 0 Å². The van der Waals surface area contributed by atoms with Crippen LogP contribution in [0.5, 0.6) is 0 Å². The molecule has 0 aliphatic heterocycles. The van der Waals surface area contributed by atoms with Gasteiger partial charge in [0.1, 0.15) is 0 Å². The Morgan fingerprint density at radius 3 is 2.25 bits per heavy atom. The van der Waals surface area contributed by atoms with Crippen molar-refractivity contribution in [3.8, 4) is 0 Å². The Labute approximate surface area is 83.0 Å². The zero-order chi connectivity index (χ0) is 9.23. The van der Waals surface area contributed by atoms with Gasteiger partial charge in [0.2, 0.25) is 0 Å². The fourth-order valence-corrected chi connectivity index (χ4v) is 1.38. The van der Waals surface area contributed by atoms with Crippen LogP contribution in [0.3, 0.4) is 0 Å². The molecular formula is C9H16O2Ti. The maximum absolute atomic E-state index is 8.50. The molecule has 1 rings (SSSR count). The molecule has 3 heteroatoms. The topological polar surface area (TPSA) is 34.1 Å². The van der Waals surface area contributed by atoms with Crippen LogP contribution in [0, 0.1) is 0 Å². The van der Waals surface area contributed by atoms with Gasteiger partial charge < -0.3 is 0 Å². The van der Waals surface area contributed by atoms with Gasteiger partial charge in [0.25, 0.3) is 0 Å². The number of allylic oxidation sites excluding steroid dienone is 2. The normalized spacial score (nSPS) is 14.6. The summed E-state index contributed by atoms with van der Waals surface area (Å²) in [6, 6.07) is 0. The molecule has 0 spiro atoms. The Bertz CT molecular complexity index is 161. The van der Waals surface area contributed by atoms with E-state index in [1.165, 1.54) is 38.5 Å². The van der Waals surface area contributed by atoms with Crippen molar-refractivity contribution in [1.82, 2.24) is 0 Å². The first-order valence-corrected chi connectivity index (χ1v) is 5.79. The summed E-state index contributed by atoms with van der Waals surface area (Å²) in [5.74, 6) is 0. The molecule has 0 heterocycles. The number of hydrogen-bond acceptors (Lipinski definition) is 2. The maximum atomic E-state index is 8.50. The number of unbranched alkanes of at least 4 members (excludes halogenated alkanes) is 1. The molecule has 12 heavy (non-hydrogen) atoms. The van der Waals surface area contributed by atoms with Crippen LogP contribution in [0.1, 0.15) is 45.4 Å². The second kappa shape index (κ2) is 9.14. The zero-order valence-electron chi connectivity index (χ0n) is 7.64. The number of hydrogen-bond donors (Lipinski definition) is 0. The Kier molecular flexibility index (Phi) is 9.19. The summed E-state index contributed by atoms with van der Waals surface area (Å²) in [7, 11) is 0. The van der Waals surface area contributed by atoms with Crippen molar-refractivity contribution < 1.29 is 25.7 Å². The van der Waals surface area contributed by atoms with Crippen molar-refractivity contribution in [3.05, 3.63) is 11.6 Å². The van der Waals surface area contributed by atoms with Crippen molar-refractivity contribution >= 4 is 0 Å². The predicted octanol–water partition coefficient (Wildman–Crippen LogP) is 3.05. The molecule has 1 fully saturated rings. The van der Waals surface area contributed by atoms with E-state index in [-0.39, 0.29) is 0 Å². The first-order valence-electron chi connectivity index (χ1n) is 4.52. The second-order valence-electron chi connectivity index (χ2n) is 2.94. The minimum absolute atomic E-state index is 1.30. The third-order valence-electron chi connectivity index (χ3n) is 1.97. The average Bonchev–Trinajstić information content (AvgIpc) is 2.54. The van der Waals surface area contributed by atoms with Gasteiger partial charge in [-0.25, -0.2) is 0 Å². The van der Waals surface area contributed by atoms with Gasteiger partial charge in [0.15, 0.2) is 0 Å². The van der Waals surface area contributed by atoms with E-state index in [1.54, 1.807) is 5.57 Å². The van der Waals surface area contributed by atoms with Crippen molar-refractivity contribution in [2.24, 2.45) is 0 Å². The Morgan fingerprint density at radius 2 is 1.83 bits per heavy atom. The summed E-state index contributed by atoms with van der Waals surface area (Å²) in [4.78, 5) is 0. The second-order valence-corrected chi connectivity index (χ2v) is 3.20. The van der Waals surface area contributed by atoms with E-state index in [1.807, 2.05) is 0 Å². The molecule has 0 saturated heterocycles. The molecule has 0 radical (unpaired) electrons. The molecule has 0 unspecified atom stereocenters. The minimum atomic E-state index is -2.00. The molecule has 1 aliphatic rings. The van der Waals surface area contributed by atoms with Crippen LogP contribution in [-0.4, -0.2) is 0 Å². The van der Waals surface area contributed by atoms with Gasteiger partial charge in [-0.3, -0.25) is 0 Å². The molecule has 0 amide bonds. The van der Waals surface area contributed by atoms with Gasteiger partial charge in [-0.2, -0.15) is 0 Å². The standard InChI is InChI=1S/C9H16.2O.Ti/c1-2-3-6-9-7-4-5-8-9;;;/h6H,2-5,7-8H2,1H3;;;. The Hall–Kier alpha value is 0.0543. The first-order chi connectivity index (χ1) is 5.85. The molecule has 0 aromatic heterocycles. The van der Waals surface area contributed by atoms with E-state index < -0.39 is 19.1 Å². The van der Waals surface area contributed by atoms with Crippen molar-refractivity contribution in [2.75, 3.05) is 0 Å². The number of rotatable bonds is 2. The van der Waals surface area contributed by atoms with Gasteiger partial charge >= 0.3 is 25.7 Å². The molecule has 68 valence electrons. The van der Waals surface area contributed by atoms with Crippen LogP contribution >= 0.6 is 0 Å². The summed E-state index contributed by atoms with van der Waals surface area (Å²) in [5, 5.41) is 0. The van der Waals surface area contributed by atoms with Crippen LogP contribution in [0.15, 0.2) is 11.6 Å². The first kappa shape index (κ1) is 12.1. The molecule has 2 nitrogen and oxygen atoms in total.